The average Bonchev–Trinajstić information content (AvgIpc) is 2.82. The van der Waals surface area contributed by atoms with E-state index in [1.54, 1.807) is 10.9 Å². The first-order chi connectivity index (χ1) is 7.29. The Morgan fingerprint density at radius 1 is 1.33 bits per heavy atom. The van der Waals surface area contributed by atoms with Crippen molar-refractivity contribution in [2.45, 2.75) is 6.04 Å². The van der Waals surface area contributed by atoms with E-state index in [0.29, 0.717) is 5.69 Å². The van der Waals surface area contributed by atoms with Gasteiger partial charge in [-0.1, -0.05) is 30.3 Å². The van der Waals surface area contributed by atoms with Crippen LogP contribution < -0.4 is 5.73 Å². The second-order valence-corrected chi connectivity index (χ2v) is 3.84. The fourth-order valence-electron chi connectivity index (χ4n) is 1.31. The number of benzene rings is 1. The molecule has 0 saturated heterocycles. The van der Waals surface area contributed by atoms with Crippen LogP contribution in [0.4, 0.5) is 0 Å². The third-order valence-electron chi connectivity index (χ3n) is 2.13. The van der Waals surface area contributed by atoms with Crippen LogP contribution in [0.15, 0.2) is 41.2 Å². The van der Waals surface area contributed by atoms with Gasteiger partial charge in [0.2, 0.25) is 5.78 Å². The lowest BCUT2D eigenvalue weighted by Crippen LogP contribution is -2.21. The lowest BCUT2D eigenvalue weighted by Gasteiger charge is -2.08. The molecule has 0 unspecified atom stereocenters. The number of carbonyl (C=O) groups is 1. The second kappa shape index (κ2) is 4.33. The third-order valence-corrected chi connectivity index (χ3v) is 2.71. The van der Waals surface area contributed by atoms with Gasteiger partial charge < -0.3 is 5.73 Å². The van der Waals surface area contributed by atoms with Crippen LogP contribution in [0, 0.1) is 0 Å². The van der Waals surface area contributed by atoms with Gasteiger partial charge in [-0.15, -0.1) is 11.3 Å². The van der Waals surface area contributed by atoms with Gasteiger partial charge in [-0.25, -0.2) is 4.98 Å². The van der Waals surface area contributed by atoms with Gasteiger partial charge in [-0.2, -0.15) is 0 Å². The molecule has 4 heteroatoms. The molecule has 0 aliphatic heterocycles. The molecule has 0 saturated carbocycles. The molecule has 1 heterocycles. The van der Waals surface area contributed by atoms with Crippen molar-refractivity contribution in [1.82, 2.24) is 4.98 Å². The van der Waals surface area contributed by atoms with Crippen LogP contribution in [0.3, 0.4) is 0 Å². The third kappa shape index (κ3) is 2.11. The summed E-state index contributed by atoms with van der Waals surface area (Å²) >= 11 is 1.39. The molecule has 15 heavy (non-hydrogen) atoms. The lowest BCUT2D eigenvalue weighted by molar-refractivity contribution is 0.0957. The van der Waals surface area contributed by atoms with E-state index < -0.39 is 6.04 Å². The lowest BCUT2D eigenvalue weighted by atomic mass is 10.0. The van der Waals surface area contributed by atoms with Crippen LogP contribution in [-0.4, -0.2) is 10.8 Å². The minimum Gasteiger partial charge on any atom is -0.317 e. The molecular formula is C11H10N2OS. The number of ketones is 1. The molecule has 0 aliphatic rings. The zero-order valence-electron chi connectivity index (χ0n) is 7.96. The van der Waals surface area contributed by atoms with Crippen molar-refractivity contribution in [2.24, 2.45) is 5.73 Å². The van der Waals surface area contributed by atoms with Gasteiger partial charge in [0, 0.05) is 5.38 Å². The van der Waals surface area contributed by atoms with E-state index in [1.807, 2.05) is 30.3 Å². The van der Waals surface area contributed by atoms with E-state index in [9.17, 15) is 4.79 Å². The maximum absolute atomic E-state index is 11.8. The normalized spacial score (nSPS) is 12.3. The molecule has 1 aromatic heterocycles. The molecule has 0 bridgehead atoms. The van der Waals surface area contributed by atoms with Crippen molar-refractivity contribution in [1.29, 1.82) is 0 Å². The largest absolute Gasteiger partial charge is 0.317 e. The number of nitrogens with zero attached hydrogens (tertiary/aromatic N) is 1. The Balaban J connectivity index is 2.23. The summed E-state index contributed by atoms with van der Waals surface area (Å²) in [7, 11) is 0. The van der Waals surface area contributed by atoms with Crippen molar-refractivity contribution < 1.29 is 4.79 Å². The minimum absolute atomic E-state index is 0.137. The summed E-state index contributed by atoms with van der Waals surface area (Å²) in [6.45, 7) is 0. The zero-order valence-corrected chi connectivity index (χ0v) is 8.78. The smallest absolute Gasteiger partial charge is 0.203 e. The maximum atomic E-state index is 11.8. The predicted molar refractivity (Wildman–Crippen MR) is 59.8 cm³/mol. The van der Waals surface area contributed by atoms with Gasteiger partial charge >= 0.3 is 0 Å². The van der Waals surface area contributed by atoms with Crippen LogP contribution in [-0.2, 0) is 0 Å². The van der Waals surface area contributed by atoms with Gasteiger partial charge in [-0.05, 0) is 5.56 Å². The van der Waals surface area contributed by atoms with Gasteiger partial charge in [0.15, 0.2) is 0 Å². The first-order valence-corrected chi connectivity index (χ1v) is 5.46. The fourth-order valence-corrected chi connectivity index (χ4v) is 1.85. The van der Waals surface area contributed by atoms with Gasteiger partial charge in [0.05, 0.1) is 11.6 Å². The number of thiazole rings is 1. The standard InChI is InChI=1S/C11H10N2OS/c12-10(8-4-2-1-3-5-8)11(14)9-6-15-7-13-9/h1-7,10H,12H2/t10-/m1/s1. The Labute approximate surface area is 91.6 Å². The number of hydrogen-bond donors (Lipinski definition) is 1. The molecule has 1 atom stereocenters. The summed E-state index contributed by atoms with van der Waals surface area (Å²) in [6.07, 6.45) is 0. The van der Waals surface area contributed by atoms with Crippen molar-refractivity contribution in [3.8, 4) is 0 Å². The molecule has 0 aliphatic carbocycles. The van der Waals surface area contributed by atoms with Crippen LogP contribution in [0.1, 0.15) is 22.1 Å². The summed E-state index contributed by atoms with van der Waals surface area (Å²) in [5.74, 6) is -0.137. The van der Waals surface area contributed by atoms with E-state index in [0.717, 1.165) is 5.56 Å². The maximum Gasteiger partial charge on any atom is 0.203 e. The van der Waals surface area contributed by atoms with E-state index in [4.69, 9.17) is 5.73 Å². The monoisotopic (exact) mass is 218 g/mol. The number of Topliss-reactive ketones (excluding diaryl/α,β-unsaturated/α-hetero) is 1. The molecular weight excluding hydrogens is 208 g/mol. The molecule has 2 rings (SSSR count). The van der Waals surface area contributed by atoms with Crippen molar-refractivity contribution in [3.63, 3.8) is 0 Å². The van der Waals surface area contributed by atoms with Gasteiger partial charge in [-0.3, -0.25) is 4.79 Å². The number of carbonyl (C=O) groups excluding carboxylic acids is 1. The first-order valence-electron chi connectivity index (χ1n) is 4.52. The topological polar surface area (TPSA) is 56.0 Å². The Hall–Kier alpha value is -1.52. The van der Waals surface area contributed by atoms with Crippen LogP contribution in [0.2, 0.25) is 0 Å². The highest BCUT2D eigenvalue weighted by Gasteiger charge is 2.18. The number of hydrogen-bond acceptors (Lipinski definition) is 4. The molecule has 76 valence electrons. The van der Waals surface area contributed by atoms with Crippen molar-refractivity contribution >= 4 is 17.1 Å². The van der Waals surface area contributed by atoms with Gasteiger partial charge in [0.1, 0.15) is 5.69 Å². The molecule has 2 aromatic rings. The molecule has 0 amide bonds. The predicted octanol–water partition coefficient (Wildman–Crippen LogP) is 2.03. The van der Waals surface area contributed by atoms with E-state index in [2.05, 4.69) is 4.98 Å². The van der Waals surface area contributed by atoms with Crippen molar-refractivity contribution in [2.75, 3.05) is 0 Å². The highest BCUT2D eigenvalue weighted by atomic mass is 32.1. The van der Waals surface area contributed by atoms with Crippen LogP contribution in [0.5, 0.6) is 0 Å². The minimum atomic E-state index is -0.617. The molecule has 0 radical (unpaired) electrons. The quantitative estimate of drug-likeness (QED) is 0.802. The van der Waals surface area contributed by atoms with E-state index in [-0.39, 0.29) is 5.78 Å². The summed E-state index contributed by atoms with van der Waals surface area (Å²) < 4.78 is 0. The Kier molecular flexibility index (Phi) is 2.89. The summed E-state index contributed by atoms with van der Waals surface area (Å²) in [5, 5.41) is 1.71. The van der Waals surface area contributed by atoms with Gasteiger partial charge in [0.25, 0.3) is 0 Å². The Morgan fingerprint density at radius 3 is 2.67 bits per heavy atom. The van der Waals surface area contributed by atoms with E-state index >= 15 is 0 Å². The summed E-state index contributed by atoms with van der Waals surface area (Å²) in [5.41, 5.74) is 8.73. The fraction of sp³-hybridized carbons (Fsp3) is 0.0909. The first kappa shape index (κ1) is 10.0. The number of rotatable bonds is 3. The number of nitrogens with two attached hydrogens (primary N) is 1. The zero-order chi connectivity index (χ0) is 10.7. The molecule has 2 N–H and O–H groups in total. The second-order valence-electron chi connectivity index (χ2n) is 3.13. The Bertz CT molecular complexity index is 439. The highest BCUT2D eigenvalue weighted by molar-refractivity contribution is 7.07. The average molecular weight is 218 g/mol. The van der Waals surface area contributed by atoms with Crippen molar-refractivity contribution in [3.05, 3.63) is 52.5 Å². The summed E-state index contributed by atoms with van der Waals surface area (Å²) in [4.78, 5) is 15.8. The number of aromatic nitrogens is 1. The van der Waals surface area contributed by atoms with Crippen LogP contribution >= 0.6 is 11.3 Å². The summed E-state index contributed by atoms with van der Waals surface area (Å²) in [6, 6.07) is 8.69. The highest BCUT2D eigenvalue weighted by Crippen LogP contribution is 2.15. The SMILES string of the molecule is N[C@@H](C(=O)c1cscn1)c1ccccc1. The molecule has 1 aromatic carbocycles. The molecule has 0 spiro atoms. The molecule has 0 fully saturated rings. The van der Waals surface area contributed by atoms with Crippen LogP contribution in [0.25, 0.3) is 0 Å². The van der Waals surface area contributed by atoms with E-state index in [1.165, 1.54) is 11.3 Å². The molecule has 3 nitrogen and oxygen atoms in total. The Morgan fingerprint density at radius 2 is 2.07 bits per heavy atom.